The largest absolute Gasteiger partial charge is 0.488 e. The maximum absolute atomic E-state index is 14.4. The van der Waals surface area contributed by atoms with E-state index in [1.807, 2.05) is 101 Å². The molecule has 3 N–H and O–H groups in total. The third-order valence-electron chi connectivity index (χ3n) is 9.33. The fourth-order valence-electron chi connectivity index (χ4n) is 5.99. The average Bonchev–Trinajstić information content (AvgIpc) is 3.48. The molecule has 2 aromatic rings. The molecule has 10 nitrogen and oxygen atoms in total. The number of carbonyl (C=O) groups is 4. The van der Waals surface area contributed by atoms with E-state index in [1.165, 1.54) is 4.90 Å². The molecule has 5 rings (SSSR count). The molecule has 0 saturated carbocycles. The molecule has 7 atom stereocenters. The van der Waals surface area contributed by atoms with Crippen molar-refractivity contribution in [1.82, 2.24) is 25.8 Å². The number of likely N-dealkylation sites (N-methyl/N-ethyl adjacent to an activating group) is 1. The number of hydrogen-bond acceptors (Lipinski definition) is 6. The second-order valence-corrected chi connectivity index (χ2v) is 12.7. The van der Waals surface area contributed by atoms with Gasteiger partial charge in [-0.2, -0.15) is 0 Å². The molecule has 4 amide bonds. The lowest BCUT2D eigenvalue weighted by atomic mass is 9.95. The van der Waals surface area contributed by atoms with Crippen molar-refractivity contribution in [3.63, 3.8) is 0 Å². The maximum atomic E-state index is 14.4. The van der Waals surface area contributed by atoms with Crippen LogP contribution in [0.5, 0.6) is 5.75 Å². The summed E-state index contributed by atoms with van der Waals surface area (Å²) in [6, 6.07) is 14.0. The number of fused-ring (bicyclic) bond motifs is 7. The first kappa shape index (κ1) is 34.7. The van der Waals surface area contributed by atoms with Gasteiger partial charge in [-0.1, -0.05) is 83.0 Å². The fourth-order valence-corrected chi connectivity index (χ4v) is 5.99. The molecule has 46 heavy (non-hydrogen) atoms. The SMILES string of the molecule is CC[C@@H](C)C(NC(=O)[C@@H](Cc1ccccc1)N(C)C)C(=O)N1CC[C@H]2Oc3ccc(cc3)C=CNC(=O)[C@H]([C@@H](C)CC)NC(=O)[C@@H]21. The molecule has 2 aromatic carbocycles. The lowest BCUT2D eigenvalue weighted by Gasteiger charge is -2.35. The molecule has 10 heteroatoms. The van der Waals surface area contributed by atoms with Crippen molar-refractivity contribution in [1.29, 1.82) is 0 Å². The third kappa shape index (κ3) is 8.34. The Morgan fingerprint density at radius 3 is 2.33 bits per heavy atom. The quantitative estimate of drug-likeness (QED) is 0.370. The number of hydrogen-bond donors (Lipinski definition) is 3. The molecule has 2 bridgehead atoms. The molecule has 1 unspecified atom stereocenters. The molecule has 0 radical (unpaired) electrons. The Labute approximate surface area is 272 Å². The second kappa shape index (κ2) is 15.9. The molecule has 1 saturated heterocycles. The van der Waals surface area contributed by atoms with Crippen LogP contribution < -0.4 is 20.7 Å². The van der Waals surface area contributed by atoms with Crippen LogP contribution in [0.15, 0.2) is 60.8 Å². The Hall–Kier alpha value is -4.18. The van der Waals surface area contributed by atoms with Crippen LogP contribution in [-0.4, -0.2) is 84.3 Å². The first-order valence-electron chi connectivity index (χ1n) is 16.4. The zero-order valence-electron chi connectivity index (χ0n) is 27.9. The summed E-state index contributed by atoms with van der Waals surface area (Å²) in [6.45, 7) is 8.04. The van der Waals surface area contributed by atoms with Crippen LogP contribution in [0.25, 0.3) is 6.08 Å². The highest BCUT2D eigenvalue weighted by Gasteiger charge is 2.47. The number of rotatable bonds is 10. The van der Waals surface area contributed by atoms with Crippen LogP contribution >= 0.6 is 0 Å². The minimum Gasteiger partial charge on any atom is -0.488 e. The van der Waals surface area contributed by atoms with E-state index in [0.717, 1.165) is 11.1 Å². The van der Waals surface area contributed by atoms with Gasteiger partial charge in [-0.25, -0.2) is 0 Å². The second-order valence-electron chi connectivity index (χ2n) is 12.7. The summed E-state index contributed by atoms with van der Waals surface area (Å²) < 4.78 is 6.35. The van der Waals surface area contributed by atoms with Gasteiger partial charge in [0.15, 0.2) is 0 Å². The van der Waals surface area contributed by atoms with E-state index in [1.54, 1.807) is 12.3 Å². The molecule has 3 heterocycles. The summed E-state index contributed by atoms with van der Waals surface area (Å²) in [5, 5.41) is 8.82. The molecular weight excluding hydrogens is 582 g/mol. The summed E-state index contributed by atoms with van der Waals surface area (Å²) in [5.74, 6) is -1.16. The van der Waals surface area contributed by atoms with Crippen LogP contribution in [0.1, 0.15) is 58.1 Å². The first-order valence-corrected chi connectivity index (χ1v) is 16.4. The Morgan fingerprint density at radius 2 is 1.70 bits per heavy atom. The van der Waals surface area contributed by atoms with Crippen LogP contribution in [0.4, 0.5) is 0 Å². The van der Waals surface area contributed by atoms with Crippen LogP contribution in [0, 0.1) is 11.8 Å². The zero-order chi connectivity index (χ0) is 33.4. The van der Waals surface area contributed by atoms with Crippen molar-refractivity contribution >= 4 is 29.7 Å². The van der Waals surface area contributed by atoms with Crippen molar-refractivity contribution < 1.29 is 23.9 Å². The summed E-state index contributed by atoms with van der Waals surface area (Å²) in [7, 11) is 3.70. The number of likely N-dealkylation sites (tertiary alicyclic amines) is 1. The predicted molar refractivity (Wildman–Crippen MR) is 179 cm³/mol. The summed E-state index contributed by atoms with van der Waals surface area (Å²) in [5.41, 5.74) is 1.89. The van der Waals surface area contributed by atoms with Gasteiger partial charge in [-0.3, -0.25) is 24.1 Å². The van der Waals surface area contributed by atoms with E-state index in [9.17, 15) is 19.2 Å². The number of carbonyl (C=O) groups excluding carboxylic acids is 4. The maximum Gasteiger partial charge on any atom is 0.247 e. The van der Waals surface area contributed by atoms with Crippen molar-refractivity contribution in [2.24, 2.45) is 11.8 Å². The van der Waals surface area contributed by atoms with E-state index >= 15 is 0 Å². The van der Waals surface area contributed by atoms with Gasteiger partial charge >= 0.3 is 0 Å². The summed E-state index contributed by atoms with van der Waals surface area (Å²) >= 11 is 0. The number of nitrogens with zero attached hydrogens (tertiary/aromatic N) is 2. The molecule has 0 aliphatic carbocycles. The van der Waals surface area contributed by atoms with Gasteiger partial charge in [0.25, 0.3) is 0 Å². The molecule has 3 aliphatic rings. The average molecular weight is 632 g/mol. The van der Waals surface area contributed by atoms with Crippen molar-refractivity contribution in [3.8, 4) is 5.75 Å². The molecule has 3 aliphatic heterocycles. The van der Waals surface area contributed by atoms with E-state index in [4.69, 9.17) is 4.74 Å². The minimum atomic E-state index is -0.998. The van der Waals surface area contributed by atoms with Crippen LogP contribution in [-0.2, 0) is 25.6 Å². The Balaban J connectivity index is 1.64. The van der Waals surface area contributed by atoms with Gasteiger partial charge in [0.05, 0.1) is 6.04 Å². The van der Waals surface area contributed by atoms with Gasteiger partial charge in [0.1, 0.15) is 30.0 Å². The third-order valence-corrected chi connectivity index (χ3v) is 9.33. The Bertz CT molecular complexity index is 1380. The van der Waals surface area contributed by atoms with Gasteiger partial charge in [0, 0.05) is 19.2 Å². The normalized spacial score (nSPS) is 22.5. The lowest BCUT2D eigenvalue weighted by molar-refractivity contribution is -0.145. The van der Waals surface area contributed by atoms with Crippen molar-refractivity contribution in [3.05, 3.63) is 71.9 Å². The number of ether oxygens (including phenoxy) is 1. The zero-order valence-corrected chi connectivity index (χ0v) is 27.9. The number of nitrogens with one attached hydrogen (secondary N) is 3. The van der Waals surface area contributed by atoms with Crippen LogP contribution in [0.2, 0.25) is 0 Å². The molecule has 0 aromatic heterocycles. The van der Waals surface area contributed by atoms with Crippen molar-refractivity contribution in [2.75, 3.05) is 20.6 Å². The van der Waals surface area contributed by atoms with E-state index in [0.29, 0.717) is 31.4 Å². The molecule has 0 spiro atoms. The van der Waals surface area contributed by atoms with Gasteiger partial charge in [-0.15, -0.1) is 0 Å². The first-order chi connectivity index (χ1) is 22.0. The highest BCUT2D eigenvalue weighted by molar-refractivity contribution is 5.96. The standard InChI is InChI=1S/C36H49N5O5/c1-7-23(3)30-34(43)37-20-18-25-14-16-27(17-15-25)46-29-19-21-41(32(29)35(44)38-30)36(45)31(24(4)8-2)39-33(42)28(40(5)6)22-26-12-10-9-11-13-26/h9-18,20,23-24,28-32H,7-8,19,21-22H2,1-6H3,(H,37,43)(H,38,44)(H,39,42)/t23-,24+,28+,29+,30-,31?,32+/m0/s1. The number of benzene rings is 2. The predicted octanol–water partition coefficient (Wildman–Crippen LogP) is 3.37. The summed E-state index contributed by atoms with van der Waals surface area (Å²) in [6.07, 6.45) is 4.91. The molecule has 1 fully saturated rings. The van der Waals surface area contributed by atoms with E-state index in [-0.39, 0.29) is 36.1 Å². The van der Waals surface area contributed by atoms with Gasteiger partial charge < -0.3 is 25.6 Å². The van der Waals surface area contributed by atoms with Gasteiger partial charge in [0.2, 0.25) is 23.6 Å². The smallest absolute Gasteiger partial charge is 0.247 e. The van der Waals surface area contributed by atoms with Crippen molar-refractivity contribution in [2.45, 2.75) is 83.6 Å². The fraction of sp³-hybridized carbons (Fsp3) is 0.500. The van der Waals surface area contributed by atoms with E-state index < -0.39 is 36.2 Å². The van der Waals surface area contributed by atoms with E-state index in [2.05, 4.69) is 16.0 Å². The lowest BCUT2D eigenvalue weighted by Crippen LogP contribution is -2.61. The Morgan fingerprint density at radius 1 is 1.00 bits per heavy atom. The number of amides is 4. The monoisotopic (exact) mass is 631 g/mol. The molecule has 248 valence electrons. The topological polar surface area (TPSA) is 120 Å². The minimum absolute atomic E-state index is 0.159. The molecular formula is C36H49N5O5. The van der Waals surface area contributed by atoms with Gasteiger partial charge in [-0.05, 0) is 61.7 Å². The highest BCUT2D eigenvalue weighted by Crippen LogP contribution is 2.28. The van der Waals surface area contributed by atoms with Crippen LogP contribution in [0.3, 0.4) is 0 Å². The summed E-state index contributed by atoms with van der Waals surface area (Å²) in [4.78, 5) is 59.0. The highest BCUT2D eigenvalue weighted by atomic mass is 16.5. The Kier molecular flexibility index (Phi) is 12.0.